The third-order valence-electron chi connectivity index (χ3n) is 2.58. The number of thioether (sulfide) groups is 1. The summed E-state index contributed by atoms with van der Waals surface area (Å²) < 4.78 is 2.89. The van der Waals surface area contributed by atoms with E-state index in [0.717, 1.165) is 16.0 Å². The van der Waals surface area contributed by atoms with Crippen LogP contribution in [0.5, 0.6) is 0 Å². The highest BCUT2D eigenvalue weighted by Crippen LogP contribution is 2.26. The third kappa shape index (κ3) is 3.40. The van der Waals surface area contributed by atoms with Gasteiger partial charge in [0.05, 0.1) is 5.75 Å². The van der Waals surface area contributed by atoms with Crippen LogP contribution in [-0.4, -0.2) is 31.6 Å². The first-order valence-corrected chi connectivity index (χ1v) is 7.82. The maximum atomic E-state index is 10.7. The van der Waals surface area contributed by atoms with Gasteiger partial charge in [0.2, 0.25) is 0 Å². The maximum absolute atomic E-state index is 10.7. The molecule has 0 amide bonds. The van der Waals surface area contributed by atoms with Gasteiger partial charge in [0.15, 0.2) is 5.16 Å². The first kappa shape index (κ1) is 15.1. The maximum Gasteiger partial charge on any atom is 0.313 e. The minimum Gasteiger partial charge on any atom is -0.481 e. The van der Waals surface area contributed by atoms with Crippen molar-refractivity contribution in [3.05, 3.63) is 34.6 Å². The van der Waals surface area contributed by atoms with Gasteiger partial charge >= 0.3 is 5.97 Å². The van der Waals surface area contributed by atoms with Crippen LogP contribution < -0.4 is 0 Å². The highest BCUT2D eigenvalue weighted by molar-refractivity contribution is 9.10. The molecule has 106 valence electrons. The Balaban J connectivity index is 2.43. The van der Waals surface area contributed by atoms with Gasteiger partial charge in [-0.15, -0.1) is 10.2 Å². The van der Waals surface area contributed by atoms with Crippen LogP contribution in [0.3, 0.4) is 0 Å². The highest BCUT2D eigenvalue weighted by atomic mass is 79.9. The Morgan fingerprint density at radius 1 is 1.35 bits per heavy atom. The molecule has 1 aromatic carbocycles. The monoisotopic (exact) mass is 355 g/mol. The molecule has 0 bridgehead atoms. The van der Waals surface area contributed by atoms with E-state index in [4.69, 9.17) is 5.11 Å². The Morgan fingerprint density at radius 3 is 2.55 bits per heavy atom. The van der Waals surface area contributed by atoms with Crippen molar-refractivity contribution in [2.45, 2.75) is 24.9 Å². The number of benzene rings is 1. The molecule has 5 nitrogen and oxygen atoms in total. The molecule has 0 saturated carbocycles. The molecule has 2 aromatic rings. The lowest BCUT2D eigenvalue weighted by Gasteiger charge is -2.11. The number of carboxylic acids is 1. The molecule has 0 aliphatic heterocycles. The number of carbonyl (C=O) groups is 1. The number of rotatable bonds is 5. The standard InChI is InChI=1S/C13H14BrN3O2S/c1-8(2)12-15-16-13(20-7-11(18)19)17(12)10-5-3-9(14)4-6-10/h3-6,8H,7H2,1-2H3,(H,18,19). The zero-order valence-electron chi connectivity index (χ0n) is 11.1. The molecular weight excluding hydrogens is 342 g/mol. The van der Waals surface area contributed by atoms with Gasteiger partial charge in [-0.2, -0.15) is 0 Å². The molecule has 1 heterocycles. The Bertz CT molecular complexity index is 611. The average Bonchev–Trinajstić information content (AvgIpc) is 2.81. The molecule has 0 aliphatic rings. The summed E-state index contributed by atoms with van der Waals surface area (Å²) in [6, 6.07) is 7.77. The van der Waals surface area contributed by atoms with Crippen molar-refractivity contribution in [2.75, 3.05) is 5.75 Å². The van der Waals surface area contributed by atoms with Crippen LogP contribution in [0.1, 0.15) is 25.6 Å². The predicted octanol–water partition coefficient (Wildman–Crippen LogP) is 3.33. The summed E-state index contributed by atoms with van der Waals surface area (Å²) in [6.45, 7) is 4.07. The number of hydrogen-bond donors (Lipinski definition) is 1. The number of carboxylic acid groups (broad SMARTS) is 1. The summed E-state index contributed by atoms with van der Waals surface area (Å²) in [5.74, 6) is 0.115. The van der Waals surface area contributed by atoms with E-state index in [1.165, 1.54) is 11.8 Å². The molecule has 2 rings (SSSR count). The summed E-state index contributed by atoms with van der Waals surface area (Å²) >= 11 is 4.57. The summed E-state index contributed by atoms with van der Waals surface area (Å²) in [5, 5.41) is 17.7. The number of nitrogens with zero attached hydrogens (tertiary/aromatic N) is 3. The molecule has 7 heteroatoms. The zero-order chi connectivity index (χ0) is 14.7. The van der Waals surface area contributed by atoms with Crippen LogP contribution in [0.4, 0.5) is 0 Å². The Labute approximate surface area is 129 Å². The number of halogens is 1. The summed E-state index contributed by atoms with van der Waals surface area (Å²) in [7, 11) is 0. The van der Waals surface area contributed by atoms with Crippen molar-refractivity contribution in [1.82, 2.24) is 14.8 Å². The van der Waals surface area contributed by atoms with E-state index in [1.807, 2.05) is 42.7 Å². The second-order valence-corrected chi connectivity index (χ2v) is 6.35. The summed E-state index contributed by atoms with van der Waals surface area (Å²) in [5.41, 5.74) is 0.926. The van der Waals surface area contributed by atoms with E-state index in [-0.39, 0.29) is 11.7 Å². The molecular formula is C13H14BrN3O2S. The molecule has 1 aromatic heterocycles. The molecule has 20 heavy (non-hydrogen) atoms. The van der Waals surface area contributed by atoms with Crippen LogP contribution >= 0.6 is 27.7 Å². The van der Waals surface area contributed by atoms with E-state index in [1.54, 1.807) is 0 Å². The molecule has 0 fully saturated rings. The van der Waals surface area contributed by atoms with Crippen molar-refractivity contribution in [3.63, 3.8) is 0 Å². The minimum absolute atomic E-state index is 0.0350. The van der Waals surface area contributed by atoms with Crippen LogP contribution in [0.2, 0.25) is 0 Å². The quantitative estimate of drug-likeness (QED) is 0.833. The lowest BCUT2D eigenvalue weighted by atomic mass is 10.2. The Hall–Kier alpha value is -1.34. The average molecular weight is 356 g/mol. The van der Waals surface area contributed by atoms with Gasteiger partial charge in [-0.1, -0.05) is 41.5 Å². The topological polar surface area (TPSA) is 68.0 Å². The Morgan fingerprint density at radius 2 is 2.00 bits per heavy atom. The number of hydrogen-bond acceptors (Lipinski definition) is 4. The van der Waals surface area contributed by atoms with Gasteiger partial charge < -0.3 is 5.11 Å². The van der Waals surface area contributed by atoms with Gasteiger partial charge in [0, 0.05) is 16.1 Å². The molecule has 0 aliphatic carbocycles. The molecule has 0 atom stereocenters. The predicted molar refractivity (Wildman–Crippen MR) is 81.5 cm³/mol. The Kier molecular flexibility index (Phi) is 4.82. The second kappa shape index (κ2) is 6.41. The van der Waals surface area contributed by atoms with Gasteiger partial charge in [-0.25, -0.2) is 0 Å². The fraction of sp³-hybridized carbons (Fsp3) is 0.308. The first-order valence-electron chi connectivity index (χ1n) is 6.05. The van der Waals surface area contributed by atoms with Gasteiger partial charge in [0.1, 0.15) is 5.82 Å². The van der Waals surface area contributed by atoms with Crippen molar-refractivity contribution >= 4 is 33.7 Å². The van der Waals surface area contributed by atoms with Crippen molar-refractivity contribution < 1.29 is 9.90 Å². The van der Waals surface area contributed by atoms with Gasteiger partial charge in [-0.3, -0.25) is 9.36 Å². The number of aromatic nitrogens is 3. The number of aliphatic carboxylic acids is 1. The lowest BCUT2D eigenvalue weighted by molar-refractivity contribution is -0.133. The minimum atomic E-state index is -0.869. The smallest absolute Gasteiger partial charge is 0.313 e. The van der Waals surface area contributed by atoms with Crippen LogP contribution in [-0.2, 0) is 4.79 Å². The van der Waals surface area contributed by atoms with Gasteiger partial charge in [-0.05, 0) is 24.3 Å². The van der Waals surface area contributed by atoms with E-state index in [0.29, 0.717) is 5.16 Å². The largest absolute Gasteiger partial charge is 0.481 e. The van der Waals surface area contributed by atoms with Crippen molar-refractivity contribution in [1.29, 1.82) is 0 Å². The molecule has 0 unspecified atom stereocenters. The summed E-state index contributed by atoms with van der Waals surface area (Å²) in [6.07, 6.45) is 0. The molecule has 0 saturated heterocycles. The SMILES string of the molecule is CC(C)c1nnc(SCC(=O)O)n1-c1ccc(Br)cc1. The van der Waals surface area contributed by atoms with Crippen LogP contribution in [0.15, 0.2) is 33.9 Å². The van der Waals surface area contributed by atoms with Crippen LogP contribution in [0, 0.1) is 0 Å². The van der Waals surface area contributed by atoms with E-state index < -0.39 is 5.97 Å². The van der Waals surface area contributed by atoms with Crippen molar-refractivity contribution in [2.24, 2.45) is 0 Å². The normalized spacial score (nSPS) is 11.0. The van der Waals surface area contributed by atoms with Gasteiger partial charge in [0.25, 0.3) is 0 Å². The third-order valence-corrected chi connectivity index (χ3v) is 4.03. The molecule has 0 spiro atoms. The highest BCUT2D eigenvalue weighted by Gasteiger charge is 2.17. The zero-order valence-corrected chi connectivity index (χ0v) is 13.5. The lowest BCUT2D eigenvalue weighted by Crippen LogP contribution is -2.06. The van der Waals surface area contributed by atoms with Crippen molar-refractivity contribution in [3.8, 4) is 5.69 Å². The van der Waals surface area contributed by atoms with E-state index in [2.05, 4.69) is 26.1 Å². The molecule has 1 N–H and O–H groups in total. The fourth-order valence-corrected chi connectivity index (χ4v) is 2.65. The van der Waals surface area contributed by atoms with E-state index >= 15 is 0 Å². The fourth-order valence-electron chi connectivity index (χ4n) is 1.71. The van der Waals surface area contributed by atoms with E-state index in [9.17, 15) is 4.79 Å². The summed E-state index contributed by atoms with van der Waals surface area (Å²) in [4.78, 5) is 10.7. The first-order chi connectivity index (χ1) is 9.49. The molecule has 0 radical (unpaired) electrons. The second-order valence-electron chi connectivity index (χ2n) is 4.49. The van der Waals surface area contributed by atoms with Crippen LogP contribution in [0.25, 0.3) is 5.69 Å².